The van der Waals surface area contributed by atoms with E-state index in [1.165, 1.54) is 6.07 Å². The molecule has 0 aliphatic heterocycles. The summed E-state index contributed by atoms with van der Waals surface area (Å²) in [4.78, 5) is 4.17. The first-order valence-electron chi connectivity index (χ1n) is 5.89. The third-order valence-electron chi connectivity index (χ3n) is 2.86. The summed E-state index contributed by atoms with van der Waals surface area (Å²) in [5.74, 6) is 0. The van der Waals surface area contributed by atoms with E-state index in [4.69, 9.17) is 11.6 Å². The second-order valence-electron chi connectivity index (χ2n) is 4.31. The minimum absolute atomic E-state index is 0.242. The molecular weight excluding hydrogens is 289 g/mol. The zero-order valence-corrected chi connectivity index (χ0v) is 11.4. The maximum absolute atomic E-state index is 12.6. The number of pyridine rings is 1. The standard InChI is InChI=1S/C14H12ClF3N2/c1-9-3-2-6-19-13(9)8-20-12-7-10(14(16,17)18)4-5-11(12)15/h2-7,20H,8H2,1H3. The van der Waals surface area contributed by atoms with Crippen LogP contribution in [0.3, 0.4) is 0 Å². The molecule has 0 aliphatic rings. The number of halogens is 4. The summed E-state index contributed by atoms with van der Waals surface area (Å²) in [7, 11) is 0. The molecule has 0 unspecified atom stereocenters. The minimum atomic E-state index is -4.39. The highest BCUT2D eigenvalue weighted by Gasteiger charge is 2.30. The Morgan fingerprint density at radius 3 is 2.65 bits per heavy atom. The van der Waals surface area contributed by atoms with E-state index in [0.717, 1.165) is 23.4 Å². The van der Waals surface area contributed by atoms with Crippen molar-refractivity contribution in [2.45, 2.75) is 19.6 Å². The molecule has 0 radical (unpaired) electrons. The number of nitrogens with one attached hydrogen (secondary N) is 1. The maximum Gasteiger partial charge on any atom is 0.416 e. The van der Waals surface area contributed by atoms with Gasteiger partial charge in [-0.3, -0.25) is 4.98 Å². The number of hydrogen-bond donors (Lipinski definition) is 1. The molecule has 2 aromatic rings. The molecule has 20 heavy (non-hydrogen) atoms. The van der Waals surface area contributed by atoms with E-state index in [2.05, 4.69) is 10.3 Å². The molecule has 0 aliphatic carbocycles. The number of aryl methyl sites for hydroxylation is 1. The second kappa shape index (κ2) is 5.71. The Balaban J connectivity index is 2.19. The number of rotatable bonds is 3. The summed E-state index contributed by atoms with van der Waals surface area (Å²) in [6, 6.07) is 6.88. The van der Waals surface area contributed by atoms with Gasteiger partial charge in [-0.2, -0.15) is 13.2 Å². The van der Waals surface area contributed by atoms with Crippen molar-refractivity contribution in [1.29, 1.82) is 0 Å². The molecule has 2 nitrogen and oxygen atoms in total. The molecule has 6 heteroatoms. The topological polar surface area (TPSA) is 24.9 Å². The highest BCUT2D eigenvalue weighted by molar-refractivity contribution is 6.33. The summed E-state index contributed by atoms with van der Waals surface area (Å²) in [5, 5.41) is 3.13. The molecule has 0 saturated carbocycles. The minimum Gasteiger partial charge on any atom is -0.378 e. The van der Waals surface area contributed by atoms with Crippen molar-refractivity contribution in [3.63, 3.8) is 0 Å². The zero-order chi connectivity index (χ0) is 14.8. The first kappa shape index (κ1) is 14.7. The van der Waals surface area contributed by atoms with Crippen LogP contribution in [0.2, 0.25) is 5.02 Å². The van der Waals surface area contributed by atoms with Crippen molar-refractivity contribution in [3.05, 3.63) is 58.4 Å². The van der Waals surface area contributed by atoms with E-state index < -0.39 is 11.7 Å². The van der Waals surface area contributed by atoms with Crippen molar-refractivity contribution in [2.24, 2.45) is 0 Å². The molecule has 0 atom stereocenters. The lowest BCUT2D eigenvalue weighted by Gasteiger charge is -2.13. The fourth-order valence-corrected chi connectivity index (χ4v) is 1.90. The van der Waals surface area contributed by atoms with Crippen molar-refractivity contribution < 1.29 is 13.2 Å². The van der Waals surface area contributed by atoms with Gasteiger partial charge in [-0.1, -0.05) is 17.7 Å². The molecule has 1 heterocycles. The predicted molar refractivity (Wildman–Crippen MR) is 72.8 cm³/mol. The van der Waals surface area contributed by atoms with Crippen LogP contribution in [0.15, 0.2) is 36.5 Å². The third kappa shape index (κ3) is 3.42. The summed E-state index contributed by atoms with van der Waals surface area (Å²) in [6.07, 6.45) is -2.75. The highest BCUT2D eigenvalue weighted by atomic mass is 35.5. The highest BCUT2D eigenvalue weighted by Crippen LogP contribution is 2.33. The van der Waals surface area contributed by atoms with E-state index in [1.54, 1.807) is 12.3 Å². The van der Waals surface area contributed by atoms with E-state index >= 15 is 0 Å². The molecule has 0 amide bonds. The van der Waals surface area contributed by atoms with Crippen molar-refractivity contribution in [3.8, 4) is 0 Å². The van der Waals surface area contributed by atoms with Crippen LogP contribution in [-0.4, -0.2) is 4.98 Å². The quantitative estimate of drug-likeness (QED) is 0.890. The molecule has 0 spiro atoms. The first-order valence-corrected chi connectivity index (χ1v) is 6.27. The summed E-state index contributed by atoms with van der Waals surface area (Å²) in [5.41, 5.74) is 1.23. The van der Waals surface area contributed by atoms with Crippen LogP contribution in [0.25, 0.3) is 0 Å². The van der Waals surface area contributed by atoms with Crippen LogP contribution in [0.5, 0.6) is 0 Å². The van der Waals surface area contributed by atoms with Crippen LogP contribution in [-0.2, 0) is 12.7 Å². The average molecular weight is 301 g/mol. The van der Waals surface area contributed by atoms with E-state index in [9.17, 15) is 13.2 Å². The molecule has 1 aromatic carbocycles. The number of hydrogen-bond acceptors (Lipinski definition) is 2. The molecule has 1 aromatic heterocycles. The largest absolute Gasteiger partial charge is 0.416 e. The Kier molecular flexibility index (Phi) is 4.18. The van der Waals surface area contributed by atoms with E-state index in [1.807, 2.05) is 13.0 Å². The lowest BCUT2D eigenvalue weighted by atomic mass is 10.2. The SMILES string of the molecule is Cc1cccnc1CNc1cc(C(F)(F)F)ccc1Cl. The van der Waals surface area contributed by atoms with Gasteiger partial charge in [0.05, 0.1) is 28.5 Å². The van der Waals surface area contributed by atoms with E-state index in [-0.39, 0.29) is 10.7 Å². The van der Waals surface area contributed by atoms with Gasteiger partial charge >= 0.3 is 6.18 Å². The summed E-state index contributed by atoms with van der Waals surface area (Å²) in [6.45, 7) is 2.20. The molecule has 0 saturated heterocycles. The van der Waals surface area contributed by atoms with Crippen molar-refractivity contribution in [1.82, 2.24) is 4.98 Å². The Labute approximate surface area is 119 Å². The van der Waals surface area contributed by atoms with Crippen molar-refractivity contribution in [2.75, 3.05) is 5.32 Å². The van der Waals surface area contributed by atoms with Crippen LogP contribution < -0.4 is 5.32 Å². The van der Waals surface area contributed by atoms with Crippen LogP contribution in [0.4, 0.5) is 18.9 Å². The Morgan fingerprint density at radius 2 is 2.00 bits per heavy atom. The van der Waals surface area contributed by atoms with Crippen LogP contribution in [0.1, 0.15) is 16.8 Å². The molecule has 2 rings (SSSR count). The van der Waals surface area contributed by atoms with Gasteiger partial charge in [-0.05, 0) is 36.8 Å². The lowest BCUT2D eigenvalue weighted by Crippen LogP contribution is -2.08. The zero-order valence-electron chi connectivity index (χ0n) is 10.6. The number of anilines is 1. The lowest BCUT2D eigenvalue weighted by molar-refractivity contribution is -0.137. The molecule has 0 bridgehead atoms. The Hall–Kier alpha value is -1.75. The van der Waals surface area contributed by atoms with Gasteiger partial charge < -0.3 is 5.32 Å². The Morgan fingerprint density at radius 1 is 1.25 bits per heavy atom. The number of nitrogens with zero attached hydrogens (tertiary/aromatic N) is 1. The summed E-state index contributed by atoms with van der Waals surface area (Å²) < 4.78 is 37.9. The van der Waals surface area contributed by atoms with Gasteiger partial charge in [-0.15, -0.1) is 0 Å². The fourth-order valence-electron chi connectivity index (χ4n) is 1.72. The van der Waals surface area contributed by atoms with Crippen LogP contribution in [0, 0.1) is 6.92 Å². The normalized spacial score (nSPS) is 11.4. The maximum atomic E-state index is 12.6. The predicted octanol–water partition coefficient (Wildman–Crippen LogP) is 4.67. The second-order valence-corrected chi connectivity index (χ2v) is 4.72. The van der Waals surface area contributed by atoms with Gasteiger partial charge in [0.1, 0.15) is 0 Å². The van der Waals surface area contributed by atoms with Crippen LogP contribution >= 0.6 is 11.6 Å². The van der Waals surface area contributed by atoms with Gasteiger partial charge in [0.2, 0.25) is 0 Å². The number of benzene rings is 1. The smallest absolute Gasteiger partial charge is 0.378 e. The van der Waals surface area contributed by atoms with Gasteiger partial charge in [0.15, 0.2) is 0 Å². The number of aromatic nitrogens is 1. The van der Waals surface area contributed by atoms with E-state index in [0.29, 0.717) is 6.54 Å². The monoisotopic (exact) mass is 300 g/mol. The first-order chi connectivity index (χ1) is 9.38. The van der Waals surface area contributed by atoms with Gasteiger partial charge in [0.25, 0.3) is 0 Å². The summed E-state index contributed by atoms with van der Waals surface area (Å²) >= 11 is 5.90. The molecule has 106 valence electrons. The molecule has 0 fully saturated rings. The fraction of sp³-hybridized carbons (Fsp3) is 0.214. The number of alkyl halides is 3. The molecular formula is C14H12ClF3N2. The van der Waals surface area contributed by atoms with Gasteiger partial charge in [-0.25, -0.2) is 0 Å². The Bertz CT molecular complexity index is 612. The van der Waals surface area contributed by atoms with Gasteiger partial charge in [0, 0.05) is 6.20 Å². The van der Waals surface area contributed by atoms with Crippen molar-refractivity contribution >= 4 is 17.3 Å². The molecule has 1 N–H and O–H groups in total. The third-order valence-corrected chi connectivity index (χ3v) is 3.19. The average Bonchev–Trinajstić information content (AvgIpc) is 2.38.